The van der Waals surface area contributed by atoms with Crippen LogP contribution in [0.1, 0.15) is 12.7 Å². The highest BCUT2D eigenvalue weighted by Gasteiger charge is 2.36. The molecule has 18 heavy (non-hydrogen) atoms. The number of rotatable bonds is 3. The Morgan fingerprint density at radius 2 is 2.39 bits per heavy atom. The molecule has 1 aromatic heterocycles. The van der Waals surface area contributed by atoms with Gasteiger partial charge in [-0.1, -0.05) is 6.92 Å². The molecule has 1 aliphatic rings. The van der Waals surface area contributed by atoms with Crippen LogP contribution < -0.4 is 5.32 Å². The third-order valence-electron chi connectivity index (χ3n) is 3.09. The summed E-state index contributed by atoms with van der Waals surface area (Å²) in [6.45, 7) is 2.79. The Hall–Kier alpha value is -2.12. The van der Waals surface area contributed by atoms with E-state index in [1.54, 1.807) is 0 Å². The molecule has 0 radical (unpaired) electrons. The maximum atomic E-state index is 11.8. The number of carboxylic acids is 1. The molecule has 3 N–H and O–H groups in total. The highest BCUT2D eigenvalue weighted by Crippen LogP contribution is 2.22. The number of H-pyrrole nitrogens is 1. The van der Waals surface area contributed by atoms with Gasteiger partial charge in [0, 0.05) is 13.1 Å². The molecule has 0 aromatic carbocycles. The summed E-state index contributed by atoms with van der Waals surface area (Å²) in [5.41, 5.74) is 0. The van der Waals surface area contributed by atoms with Gasteiger partial charge >= 0.3 is 12.0 Å². The first-order chi connectivity index (χ1) is 8.58. The van der Waals surface area contributed by atoms with Crippen LogP contribution in [0.25, 0.3) is 0 Å². The number of carboxylic acid groups (broad SMARTS) is 1. The lowest BCUT2D eigenvalue weighted by Crippen LogP contribution is -2.38. The van der Waals surface area contributed by atoms with Crippen LogP contribution in [-0.2, 0) is 11.3 Å². The van der Waals surface area contributed by atoms with Crippen molar-refractivity contribution in [3.05, 3.63) is 12.2 Å². The van der Waals surface area contributed by atoms with Gasteiger partial charge in [0.15, 0.2) is 0 Å². The predicted octanol–water partition coefficient (Wildman–Crippen LogP) is -0.333. The molecule has 1 aliphatic heterocycles. The van der Waals surface area contributed by atoms with E-state index in [-0.39, 0.29) is 25.0 Å². The molecular formula is C10H15N5O3. The predicted molar refractivity (Wildman–Crippen MR) is 60.5 cm³/mol. The minimum Gasteiger partial charge on any atom is -0.481 e. The average molecular weight is 253 g/mol. The number of nitrogens with zero attached hydrogens (tertiary/aromatic N) is 3. The number of carbonyl (C=O) groups excluding carboxylic acids is 1. The Balaban J connectivity index is 1.85. The van der Waals surface area contributed by atoms with Crippen molar-refractivity contribution in [3.8, 4) is 0 Å². The van der Waals surface area contributed by atoms with Crippen LogP contribution in [0, 0.1) is 11.8 Å². The van der Waals surface area contributed by atoms with Crippen LogP contribution in [0.3, 0.4) is 0 Å². The second kappa shape index (κ2) is 5.03. The largest absolute Gasteiger partial charge is 0.481 e. The van der Waals surface area contributed by atoms with Crippen molar-refractivity contribution in [2.75, 3.05) is 13.1 Å². The number of hydrogen-bond donors (Lipinski definition) is 3. The van der Waals surface area contributed by atoms with Crippen molar-refractivity contribution in [1.29, 1.82) is 0 Å². The minimum atomic E-state index is -0.854. The van der Waals surface area contributed by atoms with Gasteiger partial charge in [0.25, 0.3) is 0 Å². The van der Waals surface area contributed by atoms with Gasteiger partial charge in [0.2, 0.25) is 0 Å². The molecule has 1 aromatic rings. The molecule has 0 aliphatic carbocycles. The summed E-state index contributed by atoms with van der Waals surface area (Å²) < 4.78 is 0. The molecule has 2 atom stereocenters. The van der Waals surface area contributed by atoms with Crippen LogP contribution in [0.15, 0.2) is 6.33 Å². The van der Waals surface area contributed by atoms with Gasteiger partial charge in [0.1, 0.15) is 12.2 Å². The summed E-state index contributed by atoms with van der Waals surface area (Å²) in [6, 6.07) is -0.276. The minimum absolute atomic E-state index is 0.0291. The number of nitrogens with one attached hydrogen (secondary N) is 2. The van der Waals surface area contributed by atoms with Gasteiger partial charge in [0.05, 0.1) is 12.5 Å². The lowest BCUT2D eigenvalue weighted by molar-refractivity contribution is -0.142. The third kappa shape index (κ3) is 2.58. The van der Waals surface area contributed by atoms with Crippen LogP contribution >= 0.6 is 0 Å². The Labute approximate surface area is 103 Å². The molecule has 8 heteroatoms. The molecular weight excluding hydrogens is 238 g/mol. The smallest absolute Gasteiger partial charge is 0.317 e. The molecule has 0 spiro atoms. The molecule has 1 saturated heterocycles. The fraction of sp³-hybridized carbons (Fsp3) is 0.600. The van der Waals surface area contributed by atoms with Gasteiger partial charge in [-0.15, -0.1) is 0 Å². The van der Waals surface area contributed by atoms with Crippen molar-refractivity contribution in [3.63, 3.8) is 0 Å². The van der Waals surface area contributed by atoms with Gasteiger partial charge in [-0.25, -0.2) is 9.78 Å². The molecule has 8 nitrogen and oxygen atoms in total. The molecule has 2 amide bonds. The molecule has 0 saturated carbocycles. The highest BCUT2D eigenvalue weighted by molar-refractivity contribution is 5.77. The second-order valence-electron chi connectivity index (χ2n) is 4.42. The van der Waals surface area contributed by atoms with E-state index >= 15 is 0 Å². The van der Waals surface area contributed by atoms with E-state index in [4.69, 9.17) is 5.11 Å². The maximum absolute atomic E-state index is 11.8. The monoisotopic (exact) mass is 253 g/mol. The fourth-order valence-electron chi connectivity index (χ4n) is 2.04. The molecule has 1 fully saturated rings. The standard InChI is InChI=1S/C10H15N5O3/c1-6-3-15(4-7(6)9(16)17)10(18)11-2-8-12-5-13-14-8/h5-7H,2-4H2,1H3,(H,11,18)(H,16,17)(H,12,13,14)/t6-,7-/m1/s1. The highest BCUT2D eigenvalue weighted by atomic mass is 16.4. The summed E-state index contributed by atoms with van der Waals surface area (Å²) in [7, 11) is 0. The van der Waals surface area contributed by atoms with E-state index in [2.05, 4.69) is 20.5 Å². The number of carbonyl (C=O) groups is 2. The summed E-state index contributed by atoms with van der Waals surface area (Å²) in [4.78, 5) is 28.1. The normalized spacial score (nSPS) is 23.1. The van der Waals surface area contributed by atoms with Crippen molar-refractivity contribution in [2.45, 2.75) is 13.5 Å². The van der Waals surface area contributed by atoms with Crippen LogP contribution in [0.2, 0.25) is 0 Å². The molecule has 2 rings (SSSR count). The van der Waals surface area contributed by atoms with Crippen molar-refractivity contribution < 1.29 is 14.7 Å². The number of urea groups is 1. The zero-order valence-electron chi connectivity index (χ0n) is 9.96. The van der Waals surface area contributed by atoms with E-state index < -0.39 is 11.9 Å². The SMILES string of the molecule is C[C@@H]1CN(C(=O)NCc2ncn[nH]2)C[C@H]1C(=O)O. The van der Waals surface area contributed by atoms with E-state index in [0.717, 1.165) is 0 Å². The topological polar surface area (TPSA) is 111 Å². The lowest BCUT2D eigenvalue weighted by atomic mass is 9.99. The van der Waals surface area contributed by atoms with E-state index in [1.165, 1.54) is 11.2 Å². The van der Waals surface area contributed by atoms with Crippen LogP contribution in [0.4, 0.5) is 4.79 Å². The summed E-state index contributed by atoms with van der Waals surface area (Å²) in [5, 5.41) is 17.9. The first-order valence-corrected chi connectivity index (χ1v) is 5.67. The number of aromatic nitrogens is 3. The molecule has 0 bridgehead atoms. The fourth-order valence-corrected chi connectivity index (χ4v) is 2.04. The molecule has 98 valence electrons. The van der Waals surface area contributed by atoms with Gasteiger partial charge in [-0.05, 0) is 5.92 Å². The Bertz CT molecular complexity index is 433. The van der Waals surface area contributed by atoms with E-state index in [9.17, 15) is 9.59 Å². The number of aliphatic carboxylic acids is 1. The van der Waals surface area contributed by atoms with Gasteiger partial charge in [-0.2, -0.15) is 5.10 Å². The number of likely N-dealkylation sites (tertiary alicyclic amines) is 1. The number of aromatic amines is 1. The maximum Gasteiger partial charge on any atom is 0.317 e. The third-order valence-corrected chi connectivity index (χ3v) is 3.09. The number of amides is 2. The van der Waals surface area contributed by atoms with Crippen molar-refractivity contribution in [2.24, 2.45) is 11.8 Å². The zero-order chi connectivity index (χ0) is 13.1. The van der Waals surface area contributed by atoms with Crippen LogP contribution in [-0.4, -0.2) is 50.3 Å². The first kappa shape index (κ1) is 12.3. The Morgan fingerprint density at radius 1 is 1.61 bits per heavy atom. The number of hydrogen-bond acceptors (Lipinski definition) is 4. The summed E-state index contributed by atoms with van der Waals surface area (Å²) >= 11 is 0. The first-order valence-electron chi connectivity index (χ1n) is 5.67. The summed E-state index contributed by atoms with van der Waals surface area (Å²) in [5.74, 6) is -0.807. The average Bonchev–Trinajstić information content (AvgIpc) is 2.94. The molecule has 2 heterocycles. The lowest BCUT2D eigenvalue weighted by Gasteiger charge is -2.16. The van der Waals surface area contributed by atoms with E-state index in [0.29, 0.717) is 12.4 Å². The second-order valence-corrected chi connectivity index (χ2v) is 4.42. The molecule has 0 unspecified atom stereocenters. The Morgan fingerprint density at radius 3 is 2.94 bits per heavy atom. The Kier molecular flexibility index (Phi) is 3.45. The van der Waals surface area contributed by atoms with Gasteiger partial charge in [-0.3, -0.25) is 9.89 Å². The van der Waals surface area contributed by atoms with Crippen molar-refractivity contribution in [1.82, 2.24) is 25.4 Å². The van der Waals surface area contributed by atoms with Crippen LogP contribution in [0.5, 0.6) is 0 Å². The zero-order valence-corrected chi connectivity index (χ0v) is 9.96. The summed E-state index contributed by atoms with van der Waals surface area (Å²) in [6.07, 6.45) is 1.36. The quantitative estimate of drug-likeness (QED) is 0.682. The van der Waals surface area contributed by atoms with E-state index in [1.807, 2.05) is 6.92 Å². The van der Waals surface area contributed by atoms with Gasteiger partial charge < -0.3 is 15.3 Å². The van der Waals surface area contributed by atoms with Crippen molar-refractivity contribution >= 4 is 12.0 Å².